The minimum absolute atomic E-state index is 0.0169. The number of nitrogens with zero attached hydrogens (tertiary/aromatic N) is 2. The van der Waals surface area contributed by atoms with Gasteiger partial charge in [-0.1, -0.05) is 53.5 Å². The van der Waals surface area contributed by atoms with Crippen molar-refractivity contribution in [3.05, 3.63) is 88.4 Å². The van der Waals surface area contributed by atoms with E-state index in [2.05, 4.69) is 5.32 Å². The summed E-state index contributed by atoms with van der Waals surface area (Å²) in [7, 11) is -2.69. The number of carbonyl (C=O) groups is 2. The molecule has 0 bridgehead atoms. The lowest BCUT2D eigenvalue weighted by Crippen LogP contribution is -2.54. The first-order valence-electron chi connectivity index (χ1n) is 12.5. The van der Waals surface area contributed by atoms with Crippen LogP contribution in [0.4, 0.5) is 5.69 Å². The molecule has 8 nitrogen and oxygen atoms in total. The molecule has 0 aliphatic heterocycles. The van der Waals surface area contributed by atoms with Crippen molar-refractivity contribution >= 4 is 50.7 Å². The highest BCUT2D eigenvalue weighted by Gasteiger charge is 2.33. The highest BCUT2D eigenvalue weighted by atomic mass is 35.5. The molecule has 0 aliphatic carbocycles. The molecule has 3 aromatic rings. The molecule has 0 aliphatic rings. The summed E-state index contributed by atoms with van der Waals surface area (Å²) in [6, 6.07) is 18.2. The third-order valence-electron chi connectivity index (χ3n) is 5.90. The number of anilines is 1. The van der Waals surface area contributed by atoms with Crippen LogP contribution in [0.2, 0.25) is 10.0 Å². The van der Waals surface area contributed by atoms with Crippen LogP contribution in [0.25, 0.3) is 0 Å². The smallest absolute Gasteiger partial charge is 0.264 e. The summed E-state index contributed by atoms with van der Waals surface area (Å²) in [4.78, 5) is 28.5. The summed E-state index contributed by atoms with van der Waals surface area (Å²) in [5, 5.41) is 3.30. The summed E-state index contributed by atoms with van der Waals surface area (Å²) >= 11 is 12.4. The number of hydrogen-bond acceptors (Lipinski definition) is 5. The number of nitrogens with one attached hydrogen (secondary N) is 1. The molecule has 3 aromatic carbocycles. The molecule has 0 aromatic heterocycles. The van der Waals surface area contributed by atoms with Gasteiger partial charge < -0.3 is 15.0 Å². The Labute approximate surface area is 245 Å². The average molecular weight is 607 g/mol. The Hall–Kier alpha value is -3.27. The zero-order valence-corrected chi connectivity index (χ0v) is 25.3. The first-order chi connectivity index (χ1) is 18.7. The summed E-state index contributed by atoms with van der Waals surface area (Å²) in [5.41, 5.74) is 0.269. The van der Waals surface area contributed by atoms with Crippen molar-refractivity contribution in [1.82, 2.24) is 10.2 Å². The van der Waals surface area contributed by atoms with Gasteiger partial charge in [-0.15, -0.1) is 0 Å². The van der Waals surface area contributed by atoms with E-state index in [1.807, 2.05) is 20.8 Å². The van der Waals surface area contributed by atoms with Gasteiger partial charge in [0, 0.05) is 22.1 Å². The van der Waals surface area contributed by atoms with E-state index in [9.17, 15) is 18.0 Å². The summed E-state index contributed by atoms with van der Waals surface area (Å²) in [6.07, 6.45) is 0. The Balaban J connectivity index is 2.07. The number of carbonyl (C=O) groups excluding carboxylic acids is 2. The van der Waals surface area contributed by atoms with Gasteiger partial charge in [-0.3, -0.25) is 13.9 Å². The minimum Gasteiger partial charge on any atom is -0.497 e. The fourth-order valence-corrected chi connectivity index (χ4v) is 5.89. The lowest BCUT2D eigenvalue weighted by atomic mass is 10.1. The maximum absolute atomic E-state index is 14.0. The van der Waals surface area contributed by atoms with E-state index >= 15 is 0 Å². The number of hydrogen-bond donors (Lipinski definition) is 1. The third-order valence-corrected chi connectivity index (χ3v) is 8.12. The topological polar surface area (TPSA) is 96.0 Å². The van der Waals surface area contributed by atoms with Crippen LogP contribution in [-0.2, 0) is 26.2 Å². The molecule has 214 valence electrons. The Morgan fingerprint density at radius 2 is 1.57 bits per heavy atom. The first kappa shape index (κ1) is 31.3. The second-order valence-electron chi connectivity index (χ2n) is 10.2. The summed E-state index contributed by atoms with van der Waals surface area (Å²) < 4.78 is 33.9. The van der Waals surface area contributed by atoms with Crippen LogP contribution in [0.15, 0.2) is 77.7 Å². The number of rotatable bonds is 10. The molecule has 0 heterocycles. The number of amides is 2. The zero-order chi connectivity index (χ0) is 29.7. The van der Waals surface area contributed by atoms with Crippen molar-refractivity contribution < 1.29 is 22.7 Å². The quantitative estimate of drug-likeness (QED) is 0.328. The standard InChI is InChI=1S/C29H33Cl2N3O5S/c1-20(28(36)32-29(2,3)4)33(18-21-10-9-11-25(14-21)39-5)27(35)19-34(24-16-22(30)15-23(31)17-24)40(37,38)26-12-7-6-8-13-26/h6-17,20H,18-19H2,1-5H3,(H,32,36). The van der Waals surface area contributed by atoms with Gasteiger partial charge in [0.05, 0.1) is 17.7 Å². The van der Waals surface area contributed by atoms with E-state index in [1.54, 1.807) is 49.4 Å². The van der Waals surface area contributed by atoms with Gasteiger partial charge >= 0.3 is 0 Å². The van der Waals surface area contributed by atoms with Crippen molar-refractivity contribution in [2.24, 2.45) is 0 Å². The number of sulfonamides is 1. The Bertz CT molecular complexity index is 1440. The molecular weight excluding hydrogens is 573 g/mol. The largest absolute Gasteiger partial charge is 0.497 e. The van der Waals surface area contributed by atoms with E-state index in [0.717, 1.165) is 4.31 Å². The van der Waals surface area contributed by atoms with Gasteiger partial charge in [0.15, 0.2) is 0 Å². The van der Waals surface area contributed by atoms with Crippen LogP contribution < -0.4 is 14.4 Å². The molecular formula is C29H33Cl2N3O5S. The highest BCUT2D eigenvalue weighted by Crippen LogP contribution is 2.30. The molecule has 1 atom stereocenters. The fraction of sp³-hybridized carbons (Fsp3) is 0.310. The molecule has 1 unspecified atom stereocenters. The highest BCUT2D eigenvalue weighted by molar-refractivity contribution is 7.92. The maximum atomic E-state index is 14.0. The van der Waals surface area contributed by atoms with Crippen LogP contribution in [0.1, 0.15) is 33.3 Å². The summed E-state index contributed by atoms with van der Waals surface area (Å²) in [5.74, 6) is -0.402. The second-order valence-corrected chi connectivity index (χ2v) is 13.0. The molecule has 1 N–H and O–H groups in total. The van der Waals surface area contributed by atoms with E-state index in [4.69, 9.17) is 27.9 Å². The van der Waals surface area contributed by atoms with Crippen molar-refractivity contribution in [2.45, 2.75) is 50.7 Å². The van der Waals surface area contributed by atoms with Gasteiger partial charge in [0.2, 0.25) is 11.8 Å². The monoisotopic (exact) mass is 605 g/mol. The molecule has 0 saturated carbocycles. The van der Waals surface area contributed by atoms with Gasteiger partial charge in [-0.2, -0.15) is 0 Å². The van der Waals surface area contributed by atoms with E-state index in [-0.39, 0.29) is 33.1 Å². The predicted octanol–water partition coefficient (Wildman–Crippen LogP) is 5.53. The van der Waals surface area contributed by atoms with Crippen molar-refractivity contribution in [2.75, 3.05) is 18.0 Å². The van der Waals surface area contributed by atoms with Crippen LogP contribution in [0, 0.1) is 0 Å². The lowest BCUT2D eigenvalue weighted by Gasteiger charge is -2.33. The van der Waals surface area contributed by atoms with Crippen LogP contribution in [0.5, 0.6) is 5.75 Å². The molecule has 11 heteroatoms. The lowest BCUT2D eigenvalue weighted by molar-refractivity contribution is -0.140. The van der Waals surface area contributed by atoms with E-state index in [0.29, 0.717) is 11.3 Å². The van der Waals surface area contributed by atoms with Gasteiger partial charge in [-0.05, 0) is 75.7 Å². The van der Waals surface area contributed by atoms with Crippen molar-refractivity contribution in [1.29, 1.82) is 0 Å². The third kappa shape index (κ3) is 8.13. The van der Waals surface area contributed by atoms with Crippen molar-refractivity contribution in [3.8, 4) is 5.75 Å². The van der Waals surface area contributed by atoms with Crippen LogP contribution in [0.3, 0.4) is 0 Å². The minimum atomic E-state index is -4.23. The molecule has 2 amide bonds. The van der Waals surface area contributed by atoms with E-state index in [1.165, 1.54) is 42.3 Å². The fourth-order valence-electron chi connectivity index (χ4n) is 3.96. The maximum Gasteiger partial charge on any atom is 0.264 e. The van der Waals surface area contributed by atoms with Gasteiger partial charge in [0.1, 0.15) is 18.3 Å². The van der Waals surface area contributed by atoms with Crippen molar-refractivity contribution in [3.63, 3.8) is 0 Å². The van der Waals surface area contributed by atoms with E-state index < -0.39 is 34.1 Å². The molecule has 40 heavy (non-hydrogen) atoms. The normalized spacial score (nSPS) is 12.4. The number of methoxy groups -OCH3 is 1. The van der Waals surface area contributed by atoms with Gasteiger partial charge in [0.25, 0.3) is 10.0 Å². The SMILES string of the molecule is COc1cccc(CN(C(=O)CN(c2cc(Cl)cc(Cl)c2)S(=O)(=O)c2ccccc2)C(C)C(=O)NC(C)(C)C)c1. The number of ether oxygens (including phenoxy) is 1. The van der Waals surface area contributed by atoms with Crippen LogP contribution >= 0.6 is 23.2 Å². The molecule has 0 radical (unpaired) electrons. The second kappa shape index (κ2) is 12.9. The average Bonchev–Trinajstić information content (AvgIpc) is 2.88. The first-order valence-corrected chi connectivity index (χ1v) is 14.7. The predicted molar refractivity (Wildman–Crippen MR) is 158 cm³/mol. The molecule has 3 rings (SSSR count). The Kier molecular flexibility index (Phi) is 10.1. The van der Waals surface area contributed by atoms with Crippen LogP contribution in [-0.4, -0.2) is 50.4 Å². The molecule has 0 saturated heterocycles. The molecule has 0 spiro atoms. The Morgan fingerprint density at radius 3 is 2.15 bits per heavy atom. The Morgan fingerprint density at radius 1 is 0.950 bits per heavy atom. The van der Waals surface area contributed by atoms with Gasteiger partial charge in [-0.25, -0.2) is 8.42 Å². The molecule has 0 fully saturated rings. The zero-order valence-electron chi connectivity index (χ0n) is 23.0. The number of halogens is 2. The number of benzene rings is 3. The summed E-state index contributed by atoms with van der Waals surface area (Å²) in [6.45, 7) is 6.54.